The highest BCUT2D eigenvalue weighted by Crippen LogP contribution is 2.26. The molecule has 1 saturated heterocycles. The standard InChI is InChI=1S/C19H20N4O4/c1-12-15(18(23-27-12)13-5-3-2-4-6-13)11-26-17-9-16(21-22-17)19(24)20-14-7-8-25-10-14/h2-6,9,14H,7-8,10-11H2,1H3,(H,20,24)(H,21,22). The average Bonchev–Trinajstić information content (AvgIpc) is 3.42. The highest BCUT2D eigenvalue weighted by atomic mass is 16.5. The molecule has 2 N–H and O–H groups in total. The van der Waals surface area contributed by atoms with Crippen molar-refractivity contribution in [3.8, 4) is 17.1 Å². The van der Waals surface area contributed by atoms with E-state index in [1.807, 2.05) is 37.3 Å². The van der Waals surface area contributed by atoms with Crippen LogP contribution in [0.15, 0.2) is 40.9 Å². The van der Waals surface area contributed by atoms with Crippen molar-refractivity contribution < 1.29 is 18.8 Å². The Balaban J connectivity index is 1.42. The third kappa shape index (κ3) is 3.85. The summed E-state index contributed by atoms with van der Waals surface area (Å²) < 4.78 is 16.3. The fourth-order valence-electron chi connectivity index (χ4n) is 2.94. The summed E-state index contributed by atoms with van der Waals surface area (Å²) in [5.74, 6) is 0.796. The minimum atomic E-state index is -0.223. The lowest BCUT2D eigenvalue weighted by Crippen LogP contribution is -2.35. The second-order valence-corrected chi connectivity index (χ2v) is 6.37. The van der Waals surface area contributed by atoms with Crippen molar-refractivity contribution in [2.45, 2.75) is 26.0 Å². The maximum Gasteiger partial charge on any atom is 0.269 e. The van der Waals surface area contributed by atoms with Gasteiger partial charge in [0.1, 0.15) is 23.8 Å². The van der Waals surface area contributed by atoms with Crippen LogP contribution >= 0.6 is 0 Å². The van der Waals surface area contributed by atoms with Crippen LogP contribution in [0.1, 0.15) is 28.2 Å². The van der Waals surface area contributed by atoms with Crippen LogP contribution in [-0.2, 0) is 11.3 Å². The molecule has 140 valence electrons. The number of hydrogen-bond donors (Lipinski definition) is 2. The second-order valence-electron chi connectivity index (χ2n) is 6.37. The van der Waals surface area contributed by atoms with E-state index < -0.39 is 0 Å². The minimum Gasteiger partial charge on any atom is -0.472 e. The highest BCUT2D eigenvalue weighted by Gasteiger charge is 2.20. The number of carbonyl (C=O) groups excluding carboxylic acids is 1. The van der Waals surface area contributed by atoms with Crippen LogP contribution in [0.4, 0.5) is 0 Å². The summed E-state index contributed by atoms with van der Waals surface area (Å²) in [6, 6.07) is 11.4. The molecular weight excluding hydrogens is 348 g/mol. The van der Waals surface area contributed by atoms with E-state index in [-0.39, 0.29) is 18.6 Å². The Morgan fingerprint density at radius 1 is 1.37 bits per heavy atom. The summed E-state index contributed by atoms with van der Waals surface area (Å²) in [7, 11) is 0. The first-order chi connectivity index (χ1) is 13.2. The van der Waals surface area contributed by atoms with Crippen molar-refractivity contribution in [1.29, 1.82) is 0 Å². The Kier molecular flexibility index (Phi) is 4.88. The normalized spacial score (nSPS) is 16.4. The van der Waals surface area contributed by atoms with Gasteiger partial charge in [-0.15, -0.1) is 5.10 Å². The molecule has 8 nitrogen and oxygen atoms in total. The highest BCUT2D eigenvalue weighted by molar-refractivity contribution is 5.92. The number of ether oxygens (including phenoxy) is 2. The fourth-order valence-corrected chi connectivity index (χ4v) is 2.94. The van der Waals surface area contributed by atoms with Gasteiger partial charge in [0.15, 0.2) is 0 Å². The Hall–Kier alpha value is -3.13. The molecule has 0 radical (unpaired) electrons. The van der Waals surface area contributed by atoms with Gasteiger partial charge in [-0.25, -0.2) is 0 Å². The van der Waals surface area contributed by atoms with Crippen LogP contribution in [-0.4, -0.2) is 40.5 Å². The lowest BCUT2D eigenvalue weighted by molar-refractivity contribution is 0.0925. The summed E-state index contributed by atoms with van der Waals surface area (Å²) in [5, 5.41) is 13.8. The number of amides is 1. The van der Waals surface area contributed by atoms with Crippen molar-refractivity contribution in [2.75, 3.05) is 13.2 Å². The monoisotopic (exact) mass is 368 g/mol. The molecule has 1 aromatic carbocycles. The maximum atomic E-state index is 12.2. The van der Waals surface area contributed by atoms with E-state index in [1.54, 1.807) is 6.07 Å². The summed E-state index contributed by atoms with van der Waals surface area (Å²) in [5.41, 5.74) is 2.89. The average molecular weight is 368 g/mol. The third-order valence-electron chi connectivity index (χ3n) is 4.46. The summed E-state index contributed by atoms with van der Waals surface area (Å²) in [6.45, 7) is 3.29. The first-order valence-corrected chi connectivity index (χ1v) is 8.78. The number of benzene rings is 1. The Morgan fingerprint density at radius 3 is 3.00 bits per heavy atom. The number of aryl methyl sites for hydroxylation is 1. The van der Waals surface area contributed by atoms with E-state index in [0.29, 0.717) is 30.5 Å². The first kappa shape index (κ1) is 17.3. The lowest BCUT2D eigenvalue weighted by Gasteiger charge is -2.08. The second kappa shape index (κ2) is 7.63. The van der Waals surface area contributed by atoms with Crippen LogP contribution < -0.4 is 10.1 Å². The zero-order chi connectivity index (χ0) is 18.6. The van der Waals surface area contributed by atoms with Crippen molar-refractivity contribution in [3.05, 3.63) is 53.4 Å². The number of H-pyrrole nitrogens is 1. The summed E-state index contributed by atoms with van der Waals surface area (Å²) in [4.78, 5) is 12.2. The van der Waals surface area contributed by atoms with Gasteiger partial charge in [0.25, 0.3) is 5.91 Å². The van der Waals surface area contributed by atoms with E-state index in [0.717, 1.165) is 23.2 Å². The predicted octanol–water partition coefficient (Wildman–Crippen LogP) is 2.47. The topological polar surface area (TPSA) is 102 Å². The molecule has 0 saturated carbocycles. The maximum absolute atomic E-state index is 12.2. The van der Waals surface area contributed by atoms with Crippen molar-refractivity contribution in [2.24, 2.45) is 0 Å². The molecule has 27 heavy (non-hydrogen) atoms. The van der Waals surface area contributed by atoms with Gasteiger partial charge in [-0.2, -0.15) is 0 Å². The number of nitrogens with one attached hydrogen (secondary N) is 2. The molecule has 1 amide bonds. The molecule has 2 aromatic heterocycles. The van der Waals surface area contributed by atoms with Gasteiger partial charge in [-0.1, -0.05) is 35.5 Å². The molecule has 1 atom stereocenters. The number of carbonyl (C=O) groups is 1. The van der Waals surface area contributed by atoms with Crippen molar-refractivity contribution >= 4 is 5.91 Å². The lowest BCUT2D eigenvalue weighted by atomic mass is 10.1. The van der Waals surface area contributed by atoms with Crippen LogP contribution in [0.5, 0.6) is 5.88 Å². The molecule has 0 aliphatic carbocycles. The van der Waals surface area contributed by atoms with E-state index in [9.17, 15) is 4.79 Å². The molecule has 1 aliphatic rings. The largest absolute Gasteiger partial charge is 0.472 e. The SMILES string of the molecule is Cc1onc(-c2ccccc2)c1COc1cc(C(=O)NC2CCOC2)[nH]n1. The van der Waals surface area contributed by atoms with E-state index in [4.69, 9.17) is 14.0 Å². The molecule has 0 spiro atoms. The van der Waals surface area contributed by atoms with E-state index in [2.05, 4.69) is 20.7 Å². The molecule has 8 heteroatoms. The van der Waals surface area contributed by atoms with Crippen molar-refractivity contribution in [3.63, 3.8) is 0 Å². The van der Waals surface area contributed by atoms with Gasteiger partial charge in [0.05, 0.1) is 18.2 Å². The van der Waals surface area contributed by atoms with Crippen LogP contribution in [0, 0.1) is 6.92 Å². The summed E-state index contributed by atoms with van der Waals surface area (Å²) in [6.07, 6.45) is 0.818. The van der Waals surface area contributed by atoms with Crippen LogP contribution in [0.3, 0.4) is 0 Å². The Labute approximate surface area is 155 Å². The molecule has 0 bridgehead atoms. The minimum absolute atomic E-state index is 0.0400. The van der Waals surface area contributed by atoms with Crippen molar-refractivity contribution in [1.82, 2.24) is 20.7 Å². The number of nitrogens with zero attached hydrogens (tertiary/aromatic N) is 2. The van der Waals surface area contributed by atoms with Gasteiger partial charge in [0.2, 0.25) is 5.88 Å². The predicted molar refractivity (Wildman–Crippen MR) is 96.3 cm³/mol. The molecule has 1 unspecified atom stereocenters. The smallest absolute Gasteiger partial charge is 0.269 e. The number of rotatable bonds is 6. The molecular formula is C19H20N4O4. The molecule has 1 fully saturated rings. The number of aromatic nitrogens is 3. The Morgan fingerprint density at radius 2 is 2.22 bits per heavy atom. The van der Waals surface area contributed by atoms with Gasteiger partial charge < -0.3 is 19.3 Å². The van der Waals surface area contributed by atoms with Gasteiger partial charge in [0, 0.05) is 18.2 Å². The number of hydrogen-bond acceptors (Lipinski definition) is 6. The van der Waals surface area contributed by atoms with Crippen LogP contribution in [0.2, 0.25) is 0 Å². The van der Waals surface area contributed by atoms with E-state index >= 15 is 0 Å². The first-order valence-electron chi connectivity index (χ1n) is 8.78. The Bertz CT molecular complexity index is 913. The number of aromatic amines is 1. The molecule has 3 aromatic rings. The van der Waals surface area contributed by atoms with Gasteiger partial charge in [-0.3, -0.25) is 9.89 Å². The zero-order valence-electron chi connectivity index (χ0n) is 14.9. The zero-order valence-corrected chi connectivity index (χ0v) is 14.9. The third-order valence-corrected chi connectivity index (χ3v) is 4.46. The van der Waals surface area contributed by atoms with E-state index in [1.165, 1.54) is 0 Å². The van der Waals surface area contributed by atoms with Crippen LogP contribution in [0.25, 0.3) is 11.3 Å². The van der Waals surface area contributed by atoms with Gasteiger partial charge in [-0.05, 0) is 13.3 Å². The molecule has 1 aliphatic heterocycles. The molecule has 4 rings (SSSR count). The quantitative estimate of drug-likeness (QED) is 0.693. The molecule has 3 heterocycles. The van der Waals surface area contributed by atoms with Gasteiger partial charge >= 0.3 is 0 Å². The fraction of sp³-hybridized carbons (Fsp3) is 0.316. The summed E-state index contributed by atoms with van der Waals surface area (Å²) >= 11 is 0.